The zero-order valence-corrected chi connectivity index (χ0v) is 17.3. The second kappa shape index (κ2) is 8.55. The molecule has 1 saturated heterocycles. The second-order valence-corrected chi connectivity index (χ2v) is 7.01. The molecule has 0 N–H and O–H groups in total. The largest absolute Gasteiger partial charge is 0.465 e. The number of amides is 1. The first kappa shape index (κ1) is 20.5. The maximum Gasteiger partial charge on any atom is 0.355 e. The molecular weight excluding hydrogens is 404 g/mol. The van der Waals surface area contributed by atoms with Crippen LogP contribution in [0, 0.1) is 0 Å². The number of carbonyl (C=O) groups is 3. The Kier molecular flexibility index (Phi) is 5.66. The van der Waals surface area contributed by atoms with E-state index in [0.717, 1.165) is 12.8 Å². The molecule has 0 aliphatic carbocycles. The highest BCUT2D eigenvalue weighted by Crippen LogP contribution is 2.45. The van der Waals surface area contributed by atoms with Crippen LogP contribution >= 0.6 is 0 Å². The van der Waals surface area contributed by atoms with E-state index in [2.05, 4.69) is 0 Å². The number of piperidine rings is 1. The molecule has 0 bridgehead atoms. The predicted octanol–water partition coefficient (Wildman–Crippen LogP) is 2.42. The number of anilines is 2. The normalized spacial score (nSPS) is 17.7. The van der Waals surface area contributed by atoms with Crippen LogP contribution in [-0.4, -0.2) is 45.4 Å². The minimum absolute atomic E-state index is 0.0212. The third kappa shape index (κ3) is 3.74. The maximum absolute atomic E-state index is 12.8. The predicted molar refractivity (Wildman–Crippen MR) is 111 cm³/mol. The van der Waals surface area contributed by atoms with E-state index >= 15 is 0 Å². The van der Waals surface area contributed by atoms with E-state index in [4.69, 9.17) is 18.9 Å². The molecule has 31 heavy (non-hydrogen) atoms. The molecule has 162 valence electrons. The van der Waals surface area contributed by atoms with Gasteiger partial charge in [-0.25, -0.2) is 9.59 Å². The number of fused-ring (bicyclic) bond motifs is 1. The standard InChI is InChI=1S/C22H22N2O7/c1-28-21(26)14-7-3-5-10-24(20(14)22(27)29-2)16-12-18-17(30-13-31-18)11-15(16)23-9-6-4-8-19(23)25/h3,5,7,10-12H,4,6,8-9,13H2,1-2H3. The van der Waals surface area contributed by atoms with Crippen LogP contribution in [0.4, 0.5) is 11.4 Å². The van der Waals surface area contributed by atoms with Gasteiger partial charge in [0.15, 0.2) is 11.5 Å². The molecule has 9 nitrogen and oxygen atoms in total. The molecule has 3 heterocycles. The number of nitrogens with zero attached hydrogens (tertiary/aromatic N) is 2. The molecule has 0 aromatic heterocycles. The van der Waals surface area contributed by atoms with Crippen LogP contribution in [0.15, 0.2) is 47.8 Å². The van der Waals surface area contributed by atoms with Gasteiger partial charge in [-0.15, -0.1) is 0 Å². The Morgan fingerprint density at radius 2 is 1.68 bits per heavy atom. The summed E-state index contributed by atoms with van der Waals surface area (Å²) in [6.45, 7) is 0.582. The number of carbonyl (C=O) groups excluding carboxylic acids is 3. The van der Waals surface area contributed by atoms with E-state index < -0.39 is 11.9 Å². The van der Waals surface area contributed by atoms with Crippen molar-refractivity contribution in [1.82, 2.24) is 0 Å². The van der Waals surface area contributed by atoms with Crippen molar-refractivity contribution in [2.24, 2.45) is 0 Å². The molecular formula is C22H22N2O7. The average molecular weight is 426 g/mol. The SMILES string of the molecule is COC(=O)C1=C(C(=O)OC)N(c2cc3c(cc2N2CCCCC2=O)OCO3)C=CC=C1. The molecule has 0 atom stereocenters. The Balaban J connectivity index is 1.93. The Hall–Kier alpha value is -3.75. The quantitative estimate of drug-likeness (QED) is 0.678. The lowest BCUT2D eigenvalue weighted by molar-refractivity contribution is -0.139. The Morgan fingerprint density at radius 3 is 2.35 bits per heavy atom. The fraction of sp³-hybridized carbons (Fsp3) is 0.318. The number of ether oxygens (including phenoxy) is 4. The van der Waals surface area contributed by atoms with Crippen LogP contribution < -0.4 is 19.3 Å². The van der Waals surface area contributed by atoms with Gasteiger partial charge in [0.1, 0.15) is 5.70 Å². The van der Waals surface area contributed by atoms with Gasteiger partial charge in [0.2, 0.25) is 12.7 Å². The average Bonchev–Trinajstić information content (AvgIpc) is 3.14. The van der Waals surface area contributed by atoms with Crippen LogP contribution in [0.3, 0.4) is 0 Å². The summed E-state index contributed by atoms with van der Waals surface area (Å²) in [7, 11) is 2.47. The van der Waals surface area contributed by atoms with Crippen molar-refractivity contribution in [3.63, 3.8) is 0 Å². The van der Waals surface area contributed by atoms with Gasteiger partial charge in [-0.2, -0.15) is 0 Å². The zero-order chi connectivity index (χ0) is 22.0. The molecule has 0 saturated carbocycles. The van der Waals surface area contributed by atoms with Gasteiger partial charge < -0.3 is 28.7 Å². The van der Waals surface area contributed by atoms with Crippen molar-refractivity contribution in [2.45, 2.75) is 19.3 Å². The van der Waals surface area contributed by atoms with Crippen molar-refractivity contribution in [3.8, 4) is 11.5 Å². The number of esters is 2. The van der Waals surface area contributed by atoms with E-state index in [-0.39, 0.29) is 24.0 Å². The van der Waals surface area contributed by atoms with E-state index in [0.29, 0.717) is 35.8 Å². The smallest absolute Gasteiger partial charge is 0.355 e. The van der Waals surface area contributed by atoms with Crippen molar-refractivity contribution in [3.05, 3.63) is 47.8 Å². The topological polar surface area (TPSA) is 94.6 Å². The number of allylic oxidation sites excluding steroid dienone is 2. The molecule has 4 rings (SSSR count). The van der Waals surface area contributed by atoms with E-state index in [1.807, 2.05) is 0 Å². The van der Waals surface area contributed by atoms with Crippen LogP contribution in [0.1, 0.15) is 19.3 Å². The van der Waals surface area contributed by atoms with E-state index in [9.17, 15) is 14.4 Å². The summed E-state index contributed by atoms with van der Waals surface area (Å²) in [5.74, 6) is -0.476. The first-order valence-electron chi connectivity index (χ1n) is 9.84. The Labute approximate surface area is 179 Å². The molecule has 0 spiro atoms. The molecule has 1 fully saturated rings. The summed E-state index contributed by atoms with van der Waals surface area (Å²) in [6, 6.07) is 3.41. The highest BCUT2D eigenvalue weighted by atomic mass is 16.7. The van der Waals surface area contributed by atoms with Gasteiger partial charge in [0, 0.05) is 31.3 Å². The Bertz CT molecular complexity index is 1020. The molecule has 0 radical (unpaired) electrons. The van der Waals surface area contributed by atoms with Crippen LogP contribution in [0.2, 0.25) is 0 Å². The molecule has 9 heteroatoms. The summed E-state index contributed by atoms with van der Waals surface area (Å²) in [4.78, 5) is 41.1. The highest BCUT2D eigenvalue weighted by molar-refractivity contribution is 6.07. The van der Waals surface area contributed by atoms with Gasteiger partial charge >= 0.3 is 11.9 Å². The number of hydrogen-bond acceptors (Lipinski definition) is 8. The molecule has 1 amide bonds. The number of hydrogen-bond donors (Lipinski definition) is 0. The lowest BCUT2D eigenvalue weighted by atomic mass is 10.1. The summed E-state index contributed by atoms with van der Waals surface area (Å²) in [5.41, 5.74) is 1.00. The molecule has 0 unspecified atom stereocenters. The number of methoxy groups -OCH3 is 2. The lowest BCUT2D eigenvalue weighted by Crippen LogP contribution is -2.37. The third-order valence-corrected chi connectivity index (χ3v) is 5.23. The van der Waals surface area contributed by atoms with Gasteiger partial charge in [0.05, 0.1) is 31.2 Å². The van der Waals surface area contributed by atoms with Crippen LogP contribution in [-0.2, 0) is 23.9 Å². The summed E-state index contributed by atoms with van der Waals surface area (Å²) in [6.07, 6.45) is 8.49. The first-order chi connectivity index (χ1) is 15.0. The Morgan fingerprint density at radius 1 is 0.968 bits per heavy atom. The number of rotatable bonds is 4. The molecule has 1 aromatic rings. The van der Waals surface area contributed by atoms with E-state index in [1.165, 1.54) is 25.2 Å². The molecule has 1 aromatic carbocycles. The maximum atomic E-state index is 12.8. The minimum atomic E-state index is -0.731. The van der Waals surface area contributed by atoms with Crippen molar-refractivity contribution in [2.75, 3.05) is 37.4 Å². The summed E-state index contributed by atoms with van der Waals surface area (Å²) >= 11 is 0. The minimum Gasteiger partial charge on any atom is -0.465 e. The molecule has 3 aliphatic rings. The first-order valence-corrected chi connectivity index (χ1v) is 9.84. The number of benzene rings is 1. The fourth-order valence-corrected chi connectivity index (χ4v) is 3.74. The van der Waals surface area contributed by atoms with Gasteiger partial charge in [0.25, 0.3) is 0 Å². The zero-order valence-electron chi connectivity index (χ0n) is 17.3. The summed E-state index contributed by atoms with van der Waals surface area (Å²) in [5, 5.41) is 0. The van der Waals surface area contributed by atoms with E-state index in [1.54, 1.807) is 35.4 Å². The van der Waals surface area contributed by atoms with Crippen LogP contribution in [0.25, 0.3) is 0 Å². The molecule has 3 aliphatic heterocycles. The van der Waals surface area contributed by atoms with Crippen molar-refractivity contribution < 1.29 is 33.3 Å². The second-order valence-electron chi connectivity index (χ2n) is 7.01. The third-order valence-electron chi connectivity index (χ3n) is 5.23. The lowest BCUT2D eigenvalue weighted by Gasteiger charge is -2.32. The van der Waals surface area contributed by atoms with Gasteiger partial charge in [-0.1, -0.05) is 6.08 Å². The van der Waals surface area contributed by atoms with Crippen molar-refractivity contribution in [1.29, 1.82) is 0 Å². The highest BCUT2D eigenvalue weighted by Gasteiger charge is 2.33. The monoisotopic (exact) mass is 426 g/mol. The van der Waals surface area contributed by atoms with Gasteiger partial charge in [-0.3, -0.25) is 4.79 Å². The van der Waals surface area contributed by atoms with Crippen LogP contribution in [0.5, 0.6) is 11.5 Å². The summed E-state index contributed by atoms with van der Waals surface area (Å²) < 4.78 is 20.9. The van der Waals surface area contributed by atoms with Gasteiger partial charge in [-0.05, 0) is 25.0 Å². The van der Waals surface area contributed by atoms with Crippen molar-refractivity contribution >= 4 is 29.2 Å². The fourth-order valence-electron chi connectivity index (χ4n) is 3.74.